The van der Waals surface area contributed by atoms with Gasteiger partial charge in [0.25, 0.3) is 11.5 Å². The van der Waals surface area contributed by atoms with Crippen molar-refractivity contribution in [1.82, 2.24) is 20.0 Å². The molecule has 2 N–H and O–H groups in total. The maximum atomic E-state index is 12.5. The lowest BCUT2D eigenvalue weighted by Gasteiger charge is -2.06. The second-order valence-corrected chi connectivity index (χ2v) is 7.40. The van der Waals surface area contributed by atoms with Gasteiger partial charge in [0.1, 0.15) is 5.82 Å². The van der Waals surface area contributed by atoms with Gasteiger partial charge in [0, 0.05) is 24.2 Å². The van der Waals surface area contributed by atoms with Crippen LogP contribution in [0.1, 0.15) is 56.8 Å². The van der Waals surface area contributed by atoms with E-state index in [9.17, 15) is 14.4 Å². The smallest absolute Gasteiger partial charge is 0.340 e. The fourth-order valence-corrected chi connectivity index (χ4v) is 3.86. The highest BCUT2D eigenvalue weighted by atomic mass is 16.5. The van der Waals surface area contributed by atoms with Crippen LogP contribution >= 0.6 is 0 Å². The Labute approximate surface area is 178 Å². The molecular weight excluding hydrogens is 398 g/mol. The molecule has 0 saturated carbocycles. The Kier molecular flexibility index (Phi) is 5.41. The normalized spacial score (nSPS) is 13.0. The number of benzene rings is 1. The number of hydrogen-bond acceptors (Lipinski definition) is 6. The summed E-state index contributed by atoms with van der Waals surface area (Å²) in [6.07, 6.45) is 3.10. The molecule has 4 rings (SSSR count). The topological polar surface area (TPSA) is 118 Å². The SMILES string of the molecule is CCOC(=O)c1c(C)[nH]c(/C=N/NC(=O)c2ccc3c(=O)n4c(nc3c2)CCC4)c1C. The molecule has 0 aliphatic carbocycles. The highest BCUT2D eigenvalue weighted by molar-refractivity contribution is 5.99. The van der Waals surface area contributed by atoms with Crippen LogP contribution < -0.4 is 11.0 Å². The standard InChI is InChI=1S/C22H23N5O4/c1-4-31-22(30)19-12(2)17(24-13(19)3)11-23-26-20(28)14-7-8-15-16(10-14)25-18-6-5-9-27(18)21(15)29/h7-8,10-11,24H,4-6,9H2,1-3H3,(H,26,28)/b23-11+. The van der Waals surface area contributed by atoms with Crippen molar-refractivity contribution in [1.29, 1.82) is 0 Å². The van der Waals surface area contributed by atoms with Gasteiger partial charge in [-0.15, -0.1) is 0 Å². The molecule has 0 fully saturated rings. The monoisotopic (exact) mass is 421 g/mol. The summed E-state index contributed by atoms with van der Waals surface area (Å²) in [5, 5.41) is 4.49. The molecule has 9 heteroatoms. The number of H-pyrrole nitrogens is 1. The molecular formula is C22H23N5O4. The van der Waals surface area contributed by atoms with Crippen LogP contribution in [-0.4, -0.2) is 39.2 Å². The van der Waals surface area contributed by atoms with E-state index in [4.69, 9.17) is 4.74 Å². The molecule has 1 amide bonds. The number of carbonyl (C=O) groups excluding carboxylic acids is 2. The maximum absolute atomic E-state index is 12.5. The highest BCUT2D eigenvalue weighted by Crippen LogP contribution is 2.18. The lowest BCUT2D eigenvalue weighted by molar-refractivity contribution is 0.0524. The molecule has 3 aromatic rings. The third-order valence-corrected chi connectivity index (χ3v) is 5.39. The van der Waals surface area contributed by atoms with Crippen molar-refractivity contribution in [3.05, 3.63) is 62.5 Å². The predicted octanol–water partition coefficient (Wildman–Crippen LogP) is 2.23. The van der Waals surface area contributed by atoms with Crippen LogP contribution in [0, 0.1) is 13.8 Å². The second-order valence-electron chi connectivity index (χ2n) is 7.40. The molecule has 1 aromatic carbocycles. The van der Waals surface area contributed by atoms with E-state index in [1.54, 1.807) is 43.5 Å². The number of esters is 1. The maximum Gasteiger partial charge on any atom is 0.340 e. The van der Waals surface area contributed by atoms with E-state index < -0.39 is 11.9 Å². The van der Waals surface area contributed by atoms with Crippen molar-refractivity contribution in [2.24, 2.45) is 5.10 Å². The van der Waals surface area contributed by atoms with Crippen molar-refractivity contribution in [2.45, 2.75) is 40.2 Å². The predicted molar refractivity (Wildman–Crippen MR) is 116 cm³/mol. The molecule has 2 aromatic heterocycles. The van der Waals surface area contributed by atoms with Crippen LogP contribution in [-0.2, 0) is 17.7 Å². The summed E-state index contributed by atoms with van der Waals surface area (Å²) in [7, 11) is 0. The Morgan fingerprint density at radius 2 is 2.16 bits per heavy atom. The van der Waals surface area contributed by atoms with E-state index in [0.29, 0.717) is 45.5 Å². The first-order chi connectivity index (χ1) is 14.9. The second kappa shape index (κ2) is 8.17. The Morgan fingerprint density at radius 3 is 2.94 bits per heavy atom. The van der Waals surface area contributed by atoms with Gasteiger partial charge in [-0.2, -0.15) is 5.10 Å². The number of hydrazone groups is 1. The first-order valence-corrected chi connectivity index (χ1v) is 10.1. The summed E-state index contributed by atoms with van der Waals surface area (Å²) in [6, 6.07) is 4.81. The van der Waals surface area contributed by atoms with Gasteiger partial charge in [-0.05, 0) is 51.0 Å². The number of fused-ring (bicyclic) bond motifs is 2. The third kappa shape index (κ3) is 3.74. The summed E-state index contributed by atoms with van der Waals surface area (Å²) in [4.78, 5) is 44.8. The van der Waals surface area contributed by atoms with E-state index in [0.717, 1.165) is 18.7 Å². The van der Waals surface area contributed by atoms with Crippen molar-refractivity contribution in [3.63, 3.8) is 0 Å². The summed E-state index contributed by atoms with van der Waals surface area (Å²) >= 11 is 0. The first kappa shape index (κ1) is 20.5. The van der Waals surface area contributed by atoms with E-state index in [2.05, 4.69) is 20.5 Å². The van der Waals surface area contributed by atoms with Gasteiger partial charge in [-0.3, -0.25) is 14.2 Å². The third-order valence-electron chi connectivity index (χ3n) is 5.39. The minimum absolute atomic E-state index is 0.0718. The molecule has 3 heterocycles. The molecule has 160 valence electrons. The van der Waals surface area contributed by atoms with E-state index >= 15 is 0 Å². The summed E-state index contributed by atoms with van der Waals surface area (Å²) in [6.45, 7) is 6.28. The van der Waals surface area contributed by atoms with Crippen molar-refractivity contribution in [2.75, 3.05) is 6.61 Å². The zero-order valence-electron chi connectivity index (χ0n) is 17.6. The van der Waals surface area contributed by atoms with Crippen molar-refractivity contribution in [3.8, 4) is 0 Å². The Hall–Kier alpha value is -3.75. The number of aromatic nitrogens is 3. The molecule has 0 saturated heterocycles. The number of nitrogens with one attached hydrogen (secondary N) is 2. The Bertz CT molecular complexity index is 1290. The van der Waals surface area contributed by atoms with Gasteiger partial charge >= 0.3 is 5.97 Å². The Balaban J connectivity index is 1.53. The van der Waals surface area contributed by atoms with Gasteiger partial charge < -0.3 is 9.72 Å². The molecule has 1 aliphatic rings. The van der Waals surface area contributed by atoms with Crippen LogP contribution in [0.25, 0.3) is 10.9 Å². The number of carbonyl (C=O) groups is 2. The molecule has 9 nitrogen and oxygen atoms in total. The zero-order chi connectivity index (χ0) is 22.1. The number of hydrogen-bond donors (Lipinski definition) is 2. The number of ether oxygens (including phenoxy) is 1. The Morgan fingerprint density at radius 1 is 1.35 bits per heavy atom. The van der Waals surface area contributed by atoms with Gasteiger partial charge in [0.15, 0.2) is 0 Å². The summed E-state index contributed by atoms with van der Waals surface area (Å²) < 4.78 is 6.76. The largest absolute Gasteiger partial charge is 0.462 e. The molecule has 0 atom stereocenters. The first-order valence-electron chi connectivity index (χ1n) is 10.1. The van der Waals surface area contributed by atoms with Crippen LogP contribution in [0.3, 0.4) is 0 Å². The molecule has 0 unspecified atom stereocenters. The number of nitrogens with zero attached hydrogens (tertiary/aromatic N) is 3. The number of amides is 1. The lowest BCUT2D eigenvalue weighted by Crippen LogP contribution is -2.22. The van der Waals surface area contributed by atoms with Crippen LogP contribution in [0.5, 0.6) is 0 Å². The molecule has 0 spiro atoms. The van der Waals surface area contributed by atoms with Crippen LogP contribution in [0.15, 0.2) is 28.1 Å². The van der Waals surface area contributed by atoms with Crippen molar-refractivity contribution >= 4 is 29.0 Å². The number of rotatable bonds is 5. The zero-order valence-corrected chi connectivity index (χ0v) is 17.6. The fraction of sp³-hybridized carbons (Fsp3) is 0.318. The van der Waals surface area contributed by atoms with Gasteiger partial charge in [0.2, 0.25) is 0 Å². The van der Waals surface area contributed by atoms with Crippen LogP contribution in [0.4, 0.5) is 0 Å². The number of aryl methyl sites for hydroxylation is 2. The quantitative estimate of drug-likeness (QED) is 0.372. The minimum atomic E-state index is -0.424. The number of aromatic amines is 1. The molecule has 0 radical (unpaired) electrons. The summed E-state index contributed by atoms with van der Waals surface area (Å²) in [5.74, 6) is -0.0707. The van der Waals surface area contributed by atoms with Gasteiger partial charge in [0.05, 0.1) is 35.0 Å². The van der Waals surface area contributed by atoms with Crippen molar-refractivity contribution < 1.29 is 14.3 Å². The average molecular weight is 421 g/mol. The van der Waals surface area contributed by atoms with Gasteiger partial charge in [-0.25, -0.2) is 15.2 Å². The van der Waals surface area contributed by atoms with E-state index in [-0.39, 0.29) is 12.2 Å². The fourth-order valence-electron chi connectivity index (χ4n) is 3.86. The van der Waals surface area contributed by atoms with Gasteiger partial charge in [-0.1, -0.05) is 0 Å². The van der Waals surface area contributed by atoms with E-state index in [1.807, 2.05) is 0 Å². The average Bonchev–Trinajstić information content (AvgIpc) is 3.32. The summed E-state index contributed by atoms with van der Waals surface area (Å²) in [5.41, 5.74) is 5.69. The lowest BCUT2D eigenvalue weighted by atomic mass is 10.1. The van der Waals surface area contributed by atoms with Crippen LogP contribution in [0.2, 0.25) is 0 Å². The molecule has 1 aliphatic heterocycles. The molecule has 0 bridgehead atoms. The minimum Gasteiger partial charge on any atom is -0.462 e. The molecule has 31 heavy (non-hydrogen) atoms. The van der Waals surface area contributed by atoms with E-state index in [1.165, 1.54) is 6.21 Å². The highest BCUT2D eigenvalue weighted by Gasteiger charge is 2.19.